The first-order chi connectivity index (χ1) is 13.4. The Morgan fingerprint density at radius 2 is 2.07 bits per heavy atom. The third-order valence-electron chi connectivity index (χ3n) is 6.18. The molecule has 7 heteroatoms. The van der Waals surface area contributed by atoms with Crippen molar-refractivity contribution in [2.24, 2.45) is 5.92 Å². The highest BCUT2D eigenvalue weighted by atomic mass is 19.1. The van der Waals surface area contributed by atoms with Crippen LogP contribution in [0.5, 0.6) is 0 Å². The minimum absolute atomic E-state index is 0.0127. The number of benzene rings is 1. The van der Waals surface area contributed by atoms with E-state index in [1.807, 2.05) is 22.9 Å². The Labute approximate surface area is 165 Å². The Morgan fingerprint density at radius 3 is 2.82 bits per heavy atom. The van der Waals surface area contributed by atoms with Crippen molar-refractivity contribution in [1.29, 1.82) is 0 Å². The molecule has 28 heavy (non-hydrogen) atoms. The van der Waals surface area contributed by atoms with Crippen LogP contribution in [0.3, 0.4) is 0 Å². The second kappa shape index (κ2) is 8.90. The van der Waals surface area contributed by atoms with E-state index in [-0.39, 0.29) is 36.4 Å². The lowest BCUT2D eigenvalue weighted by Gasteiger charge is -2.34. The van der Waals surface area contributed by atoms with Crippen molar-refractivity contribution in [2.45, 2.75) is 51.1 Å². The lowest BCUT2D eigenvalue weighted by atomic mass is 9.80. The Balaban J connectivity index is 1.64. The molecule has 1 heterocycles. The highest BCUT2D eigenvalue weighted by molar-refractivity contribution is 5.75. The average Bonchev–Trinajstić information content (AvgIpc) is 2.90. The van der Waals surface area contributed by atoms with E-state index in [1.165, 1.54) is 6.07 Å². The number of hydrogen-bond donors (Lipinski definition) is 2. The molecule has 1 fully saturated rings. The summed E-state index contributed by atoms with van der Waals surface area (Å²) in [5, 5.41) is 12.1. The molecule has 2 amide bonds. The summed E-state index contributed by atoms with van der Waals surface area (Å²) >= 11 is 0. The van der Waals surface area contributed by atoms with E-state index in [4.69, 9.17) is 5.11 Å². The number of nitrogens with one attached hydrogen (secondary N) is 1. The van der Waals surface area contributed by atoms with Crippen molar-refractivity contribution in [3.63, 3.8) is 0 Å². The van der Waals surface area contributed by atoms with E-state index in [1.54, 1.807) is 6.07 Å². The van der Waals surface area contributed by atoms with Crippen molar-refractivity contribution in [3.05, 3.63) is 35.1 Å². The number of carbonyl (C=O) groups is 2. The van der Waals surface area contributed by atoms with Crippen molar-refractivity contribution < 1.29 is 19.1 Å². The SMILES string of the molecule is CC1CCc2c(F)cccc2C1NC(=O)N1CCCC(N(C)CC(=O)O)CC1. The molecule has 0 bridgehead atoms. The fraction of sp³-hybridized carbons (Fsp3) is 0.619. The van der Waals surface area contributed by atoms with E-state index in [9.17, 15) is 14.0 Å². The Bertz CT molecular complexity index is 727. The number of carboxylic acids is 1. The van der Waals surface area contributed by atoms with Gasteiger partial charge in [-0.15, -0.1) is 0 Å². The third kappa shape index (κ3) is 4.63. The van der Waals surface area contributed by atoms with Crippen LogP contribution in [0, 0.1) is 11.7 Å². The zero-order chi connectivity index (χ0) is 20.3. The maximum Gasteiger partial charge on any atom is 0.317 e. The molecule has 2 aliphatic rings. The molecular weight excluding hydrogens is 361 g/mol. The van der Waals surface area contributed by atoms with Crippen molar-refractivity contribution in [2.75, 3.05) is 26.7 Å². The maximum atomic E-state index is 14.2. The topological polar surface area (TPSA) is 72.9 Å². The summed E-state index contributed by atoms with van der Waals surface area (Å²) in [5.41, 5.74) is 1.61. The first kappa shape index (κ1) is 20.6. The van der Waals surface area contributed by atoms with Gasteiger partial charge in [-0.2, -0.15) is 0 Å². The largest absolute Gasteiger partial charge is 0.480 e. The number of carboxylic acid groups (broad SMARTS) is 1. The third-order valence-corrected chi connectivity index (χ3v) is 6.18. The molecule has 0 aromatic heterocycles. The Hall–Kier alpha value is -2.15. The number of likely N-dealkylation sites (tertiary alicyclic amines) is 1. The fourth-order valence-corrected chi connectivity index (χ4v) is 4.49. The van der Waals surface area contributed by atoms with E-state index in [0.29, 0.717) is 19.5 Å². The van der Waals surface area contributed by atoms with Gasteiger partial charge in [0, 0.05) is 19.1 Å². The lowest BCUT2D eigenvalue weighted by molar-refractivity contribution is -0.138. The van der Waals surface area contributed by atoms with Gasteiger partial charge in [0.1, 0.15) is 5.82 Å². The van der Waals surface area contributed by atoms with Crippen LogP contribution in [-0.4, -0.2) is 59.6 Å². The molecule has 1 aliphatic heterocycles. The molecule has 1 aliphatic carbocycles. The van der Waals surface area contributed by atoms with E-state index < -0.39 is 5.97 Å². The number of nitrogens with zero attached hydrogens (tertiary/aromatic N) is 2. The second-order valence-electron chi connectivity index (χ2n) is 8.13. The minimum atomic E-state index is -0.835. The Morgan fingerprint density at radius 1 is 1.29 bits per heavy atom. The first-order valence-corrected chi connectivity index (χ1v) is 10.1. The molecule has 3 rings (SSSR count). The molecule has 6 nitrogen and oxygen atoms in total. The molecule has 1 aromatic rings. The zero-order valence-corrected chi connectivity index (χ0v) is 16.7. The maximum absolute atomic E-state index is 14.2. The van der Waals surface area contributed by atoms with Gasteiger partial charge in [0.25, 0.3) is 0 Å². The van der Waals surface area contributed by atoms with Gasteiger partial charge in [-0.3, -0.25) is 9.69 Å². The summed E-state index contributed by atoms with van der Waals surface area (Å²) in [6, 6.07) is 4.97. The normalized spacial score (nSPS) is 25.1. The summed E-state index contributed by atoms with van der Waals surface area (Å²) in [6.07, 6.45) is 4.02. The van der Waals surface area contributed by atoms with Crippen LogP contribution in [0.25, 0.3) is 0 Å². The number of urea groups is 1. The predicted octanol–water partition coefficient (Wildman–Crippen LogP) is 3.03. The van der Waals surface area contributed by atoms with Gasteiger partial charge in [0.05, 0.1) is 12.6 Å². The Kier molecular flexibility index (Phi) is 6.54. The van der Waals surface area contributed by atoms with Crippen LogP contribution in [-0.2, 0) is 11.2 Å². The van der Waals surface area contributed by atoms with Gasteiger partial charge in [-0.05, 0) is 62.3 Å². The minimum Gasteiger partial charge on any atom is -0.480 e. The van der Waals surface area contributed by atoms with Crippen molar-refractivity contribution in [1.82, 2.24) is 15.1 Å². The van der Waals surface area contributed by atoms with Crippen LogP contribution in [0.15, 0.2) is 18.2 Å². The highest BCUT2D eigenvalue weighted by Gasteiger charge is 2.31. The number of aliphatic carboxylic acids is 1. The van der Waals surface area contributed by atoms with Gasteiger partial charge in [0.2, 0.25) is 0 Å². The molecule has 2 N–H and O–H groups in total. The summed E-state index contributed by atoms with van der Waals surface area (Å²) in [4.78, 5) is 27.5. The molecule has 154 valence electrons. The molecule has 1 aromatic carbocycles. The number of carbonyl (C=O) groups excluding carboxylic acids is 1. The summed E-state index contributed by atoms with van der Waals surface area (Å²) in [6.45, 7) is 3.36. The molecular formula is C21H30FN3O3. The summed E-state index contributed by atoms with van der Waals surface area (Å²) in [5.74, 6) is -0.777. The lowest BCUT2D eigenvalue weighted by Crippen LogP contribution is -2.45. The molecule has 0 spiro atoms. The zero-order valence-electron chi connectivity index (χ0n) is 16.7. The number of amides is 2. The average molecular weight is 391 g/mol. The van der Waals surface area contributed by atoms with E-state index in [2.05, 4.69) is 12.2 Å². The van der Waals surface area contributed by atoms with Crippen LogP contribution in [0.1, 0.15) is 49.8 Å². The van der Waals surface area contributed by atoms with Gasteiger partial charge >= 0.3 is 12.0 Å². The highest BCUT2D eigenvalue weighted by Crippen LogP contribution is 2.35. The van der Waals surface area contributed by atoms with Gasteiger partial charge in [-0.1, -0.05) is 19.1 Å². The molecule has 0 radical (unpaired) electrons. The molecule has 1 saturated heterocycles. The van der Waals surface area contributed by atoms with E-state index >= 15 is 0 Å². The van der Waals surface area contributed by atoms with Crippen molar-refractivity contribution in [3.8, 4) is 0 Å². The number of rotatable bonds is 4. The fourth-order valence-electron chi connectivity index (χ4n) is 4.49. The number of hydrogen-bond acceptors (Lipinski definition) is 3. The number of halogens is 1. The quantitative estimate of drug-likeness (QED) is 0.828. The van der Waals surface area contributed by atoms with Gasteiger partial charge in [0.15, 0.2) is 0 Å². The van der Waals surface area contributed by atoms with Gasteiger partial charge in [-0.25, -0.2) is 9.18 Å². The van der Waals surface area contributed by atoms with Crippen LogP contribution in [0.2, 0.25) is 0 Å². The monoisotopic (exact) mass is 391 g/mol. The molecule has 3 atom stereocenters. The standard InChI is InChI=1S/C21H30FN3O3/c1-14-8-9-16-17(6-3-7-18(16)22)20(14)23-21(28)25-11-4-5-15(10-12-25)24(2)13-19(26)27/h3,6-7,14-15,20H,4-5,8-13H2,1-2H3,(H,23,28)(H,26,27). The predicted molar refractivity (Wildman–Crippen MR) is 105 cm³/mol. The summed E-state index contributed by atoms with van der Waals surface area (Å²) in [7, 11) is 1.82. The van der Waals surface area contributed by atoms with E-state index in [0.717, 1.165) is 36.8 Å². The van der Waals surface area contributed by atoms with Gasteiger partial charge < -0.3 is 15.3 Å². The van der Waals surface area contributed by atoms with Crippen LogP contribution >= 0.6 is 0 Å². The number of likely N-dealkylation sites (N-methyl/N-ethyl adjacent to an activating group) is 1. The smallest absolute Gasteiger partial charge is 0.317 e. The number of fused-ring (bicyclic) bond motifs is 1. The molecule has 3 unspecified atom stereocenters. The second-order valence-corrected chi connectivity index (χ2v) is 8.13. The summed E-state index contributed by atoms with van der Waals surface area (Å²) < 4.78 is 14.2. The van der Waals surface area contributed by atoms with Crippen molar-refractivity contribution >= 4 is 12.0 Å². The van der Waals surface area contributed by atoms with Crippen LogP contribution < -0.4 is 5.32 Å². The molecule has 0 saturated carbocycles. The van der Waals surface area contributed by atoms with Crippen LogP contribution in [0.4, 0.5) is 9.18 Å². The first-order valence-electron chi connectivity index (χ1n) is 10.1.